The van der Waals surface area contributed by atoms with Crippen LogP contribution in [0, 0.1) is 5.41 Å². The van der Waals surface area contributed by atoms with E-state index < -0.39 is 23.1 Å². The van der Waals surface area contributed by atoms with E-state index in [0.29, 0.717) is 49.4 Å². The number of nitrogens with zero attached hydrogens (tertiary/aromatic N) is 3. The number of pyridine rings is 2. The third-order valence-corrected chi connectivity index (χ3v) is 10.8. The van der Waals surface area contributed by atoms with E-state index in [4.69, 9.17) is 9.72 Å². The van der Waals surface area contributed by atoms with Crippen LogP contribution < -0.4 is 4.74 Å². The Morgan fingerprint density at radius 2 is 1.63 bits per heavy atom. The minimum atomic E-state index is -4.45. The van der Waals surface area contributed by atoms with Gasteiger partial charge in [0.2, 0.25) is 0 Å². The van der Waals surface area contributed by atoms with Crippen molar-refractivity contribution in [2.45, 2.75) is 82.9 Å². The molecule has 0 saturated carbocycles. The van der Waals surface area contributed by atoms with Crippen molar-refractivity contribution in [3.8, 4) is 17.0 Å². The first-order chi connectivity index (χ1) is 24.7. The Morgan fingerprint density at radius 3 is 2.27 bits per heavy atom. The van der Waals surface area contributed by atoms with Crippen LogP contribution in [-0.4, -0.2) is 30.4 Å². The molecule has 3 heterocycles. The highest BCUT2D eigenvalue weighted by molar-refractivity contribution is 8.00. The molecular weight excluding hydrogens is 684 g/mol. The largest absolute Gasteiger partial charge is 0.487 e. The van der Waals surface area contributed by atoms with Crippen molar-refractivity contribution in [3.63, 3.8) is 0 Å². The lowest BCUT2D eigenvalue weighted by Crippen LogP contribution is -2.33. The number of aliphatic carboxylic acids is 1. The van der Waals surface area contributed by atoms with E-state index in [2.05, 4.69) is 30.3 Å². The van der Waals surface area contributed by atoms with Gasteiger partial charge in [0.25, 0.3) is 0 Å². The summed E-state index contributed by atoms with van der Waals surface area (Å²) in [7, 11) is 0. The van der Waals surface area contributed by atoms with Crippen LogP contribution in [0.1, 0.15) is 70.0 Å². The van der Waals surface area contributed by atoms with Gasteiger partial charge in [0.15, 0.2) is 0 Å². The number of carboxylic acid groups (broad SMARTS) is 1. The van der Waals surface area contributed by atoms with Gasteiger partial charge in [-0.25, -0.2) is 4.98 Å². The van der Waals surface area contributed by atoms with Gasteiger partial charge in [0.1, 0.15) is 12.4 Å². The quantitative estimate of drug-likeness (QED) is 0.127. The summed E-state index contributed by atoms with van der Waals surface area (Å²) in [5.41, 5.74) is 3.97. The molecule has 270 valence electrons. The standard InChI is InChI=1S/C42H42F3N3O3S/c1-6-41(7-2,39(49)50)23-37-38(52-40(3,4)5)33-22-32(51-26-31-18-16-28-10-8-9-11-35(28)47-31)19-21-36(33)48(37)25-27-12-14-29(15-13-27)34-20-17-30(24-46-34)42(43,44)45/h8-22,24H,6-7,23,25-26H2,1-5H3,(H,49,50). The van der Waals surface area contributed by atoms with Gasteiger partial charge in [-0.3, -0.25) is 9.78 Å². The van der Waals surface area contributed by atoms with Crippen molar-refractivity contribution in [2.75, 3.05) is 0 Å². The van der Waals surface area contributed by atoms with Gasteiger partial charge in [0, 0.05) is 56.4 Å². The molecule has 6 rings (SSSR count). The maximum absolute atomic E-state index is 13.1. The Kier molecular flexibility index (Phi) is 10.4. The molecule has 0 fully saturated rings. The molecule has 0 amide bonds. The zero-order valence-electron chi connectivity index (χ0n) is 29.9. The van der Waals surface area contributed by atoms with Crippen molar-refractivity contribution < 1.29 is 27.8 Å². The number of benzene rings is 3. The molecule has 0 aliphatic heterocycles. The van der Waals surface area contributed by atoms with E-state index in [0.717, 1.165) is 55.9 Å². The molecule has 0 aliphatic rings. The van der Waals surface area contributed by atoms with Gasteiger partial charge in [-0.15, -0.1) is 11.8 Å². The van der Waals surface area contributed by atoms with Crippen LogP contribution in [-0.2, 0) is 30.5 Å². The summed E-state index contributed by atoms with van der Waals surface area (Å²) in [6.45, 7) is 11.1. The van der Waals surface area contributed by atoms with Crippen LogP contribution in [0.25, 0.3) is 33.1 Å². The fourth-order valence-corrected chi connectivity index (χ4v) is 7.65. The summed E-state index contributed by atoms with van der Waals surface area (Å²) in [6, 6.07) is 28.0. The number of fused-ring (bicyclic) bond motifs is 2. The number of aromatic nitrogens is 3. The normalized spacial score (nSPS) is 12.5. The van der Waals surface area contributed by atoms with Crippen LogP contribution in [0.3, 0.4) is 0 Å². The van der Waals surface area contributed by atoms with Crippen LogP contribution in [0.4, 0.5) is 13.2 Å². The average Bonchev–Trinajstić information content (AvgIpc) is 3.38. The first-order valence-electron chi connectivity index (χ1n) is 17.4. The van der Waals surface area contributed by atoms with Crippen molar-refractivity contribution in [2.24, 2.45) is 5.41 Å². The summed E-state index contributed by atoms with van der Waals surface area (Å²) in [5.74, 6) is -0.132. The minimum absolute atomic E-state index is 0.180. The molecule has 0 spiro atoms. The van der Waals surface area contributed by atoms with E-state index >= 15 is 0 Å². The summed E-state index contributed by atoms with van der Waals surface area (Å²) in [6.07, 6.45) is -2.31. The van der Waals surface area contributed by atoms with Gasteiger partial charge in [0.05, 0.1) is 27.9 Å². The molecule has 0 bridgehead atoms. The molecule has 6 aromatic rings. The molecule has 0 aliphatic carbocycles. The molecule has 6 nitrogen and oxygen atoms in total. The lowest BCUT2D eigenvalue weighted by molar-refractivity contribution is -0.149. The fourth-order valence-electron chi connectivity index (χ4n) is 6.46. The van der Waals surface area contributed by atoms with E-state index in [-0.39, 0.29) is 4.75 Å². The van der Waals surface area contributed by atoms with Crippen LogP contribution in [0.15, 0.2) is 102 Å². The van der Waals surface area contributed by atoms with Crippen LogP contribution >= 0.6 is 11.8 Å². The SMILES string of the molecule is CCC(CC)(Cc1c(SC(C)(C)C)c2cc(OCc3ccc4ccccc4n3)ccc2n1Cc1ccc(-c2ccc(C(F)(F)F)cn2)cc1)C(=O)O. The van der Waals surface area contributed by atoms with Crippen LogP contribution in [0.5, 0.6) is 5.75 Å². The highest BCUT2D eigenvalue weighted by Crippen LogP contribution is 2.45. The number of para-hydroxylation sites is 1. The number of alkyl halides is 3. The Morgan fingerprint density at radius 1 is 0.904 bits per heavy atom. The topological polar surface area (TPSA) is 77.2 Å². The minimum Gasteiger partial charge on any atom is -0.487 e. The molecule has 10 heteroatoms. The second-order valence-electron chi connectivity index (χ2n) is 14.1. The number of hydrogen-bond acceptors (Lipinski definition) is 5. The van der Waals surface area contributed by atoms with Crippen molar-refractivity contribution in [1.29, 1.82) is 0 Å². The smallest absolute Gasteiger partial charge is 0.417 e. The van der Waals surface area contributed by atoms with Gasteiger partial charge in [-0.05, 0) is 60.9 Å². The fraction of sp³-hybridized carbons (Fsp3) is 0.310. The zero-order valence-corrected chi connectivity index (χ0v) is 30.7. The molecule has 0 saturated heterocycles. The van der Waals surface area contributed by atoms with E-state index in [1.165, 1.54) is 6.07 Å². The number of carbonyl (C=O) groups is 1. The number of ether oxygens (including phenoxy) is 1. The van der Waals surface area contributed by atoms with E-state index in [9.17, 15) is 23.1 Å². The first-order valence-corrected chi connectivity index (χ1v) is 18.2. The third-order valence-electron chi connectivity index (χ3n) is 9.54. The summed E-state index contributed by atoms with van der Waals surface area (Å²) >= 11 is 1.72. The maximum atomic E-state index is 13.1. The predicted molar refractivity (Wildman–Crippen MR) is 202 cm³/mol. The van der Waals surface area contributed by atoms with E-state index in [1.54, 1.807) is 11.8 Å². The maximum Gasteiger partial charge on any atom is 0.417 e. The predicted octanol–water partition coefficient (Wildman–Crippen LogP) is 11.2. The number of halogens is 3. The number of hydrogen-bond donors (Lipinski definition) is 1. The molecule has 0 radical (unpaired) electrons. The van der Waals surface area contributed by atoms with Gasteiger partial charge in [-0.1, -0.05) is 83.1 Å². The highest BCUT2D eigenvalue weighted by Gasteiger charge is 2.38. The summed E-state index contributed by atoms with van der Waals surface area (Å²) in [5, 5.41) is 12.6. The number of rotatable bonds is 12. The molecule has 3 aromatic heterocycles. The Hall–Kier alpha value is -4.83. The summed E-state index contributed by atoms with van der Waals surface area (Å²) < 4.78 is 47.7. The van der Waals surface area contributed by atoms with Crippen molar-refractivity contribution in [3.05, 3.63) is 120 Å². The molecular formula is C42H42F3N3O3S. The molecule has 1 N–H and O–H groups in total. The number of thioether (sulfide) groups is 1. The molecule has 3 aromatic carbocycles. The zero-order chi connectivity index (χ0) is 37.3. The molecule has 52 heavy (non-hydrogen) atoms. The van der Waals surface area contributed by atoms with Gasteiger partial charge >= 0.3 is 12.1 Å². The first kappa shape index (κ1) is 36.9. The Bertz CT molecular complexity index is 2200. The van der Waals surface area contributed by atoms with Gasteiger partial charge in [-0.2, -0.15) is 13.2 Å². The molecule has 0 atom stereocenters. The second kappa shape index (κ2) is 14.7. The number of carboxylic acids is 1. The molecule has 0 unspecified atom stereocenters. The lowest BCUT2D eigenvalue weighted by atomic mass is 9.78. The van der Waals surface area contributed by atoms with Crippen LogP contribution in [0.2, 0.25) is 0 Å². The second-order valence-corrected chi connectivity index (χ2v) is 16.0. The van der Waals surface area contributed by atoms with Crippen molar-refractivity contribution >= 4 is 39.5 Å². The van der Waals surface area contributed by atoms with E-state index in [1.807, 2.05) is 92.7 Å². The lowest BCUT2D eigenvalue weighted by Gasteiger charge is -2.29. The monoisotopic (exact) mass is 725 g/mol. The highest BCUT2D eigenvalue weighted by atomic mass is 32.2. The third kappa shape index (κ3) is 7.97. The van der Waals surface area contributed by atoms with Crippen molar-refractivity contribution in [1.82, 2.24) is 14.5 Å². The average molecular weight is 726 g/mol. The summed E-state index contributed by atoms with van der Waals surface area (Å²) in [4.78, 5) is 22.7. The Labute approximate surface area is 306 Å². The Balaban J connectivity index is 1.40. The van der Waals surface area contributed by atoms with Gasteiger partial charge < -0.3 is 14.4 Å².